The van der Waals surface area contributed by atoms with E-state index in [0.717, 1.165) is 11.6 Å². The van der Waals surface area contributed by atoms with E-state index in [1.54, 1.807) is 6.92 Å². The van der Waals surface area contributed by atoms with Gasteiger partial charge in [-0.25, -0.2) is 14.8 Å². The molecule has 14 heteroatoms. The summed E-state index contributed by atoms with van der Waals surface area (Å²) in [6, 6.07) is 5.55. The van der Waals surface area contributed by atoms with E-state index < -0.39 is 24.6 Å². The van der Waals surface area contributed by atoms with E-state index in [1.807, 2.05) is 0 Å². The van der Waals surface area contributed by atoms with Gasteiger partial charge >= 0.3 is 11.9 Å². The molecule has 1 atom stereocenters. The zero-order valence-electron chi connectivity index (χ0n) is 18.8. The Balaban J connectivity index is 1.94. The smallest absolute Gasteiger partial charge is 0.425 e. The third-order valence-corrected chi connectivity index (χ3v) is 5.67. The summed E-state index contributed by atoms with van der Waals surface area (Å²) in [5.41, 5.74) is -0.472. The highest BCUT2D eigenvalue weighted by molar-refractivity contribution is 6.33. The average molecular weight is 544 g/mol. The lowest BCUT2D eigenvalue weighted by Gasteiger charge is -2.20. The highest BCUT2D eigenvalue weighted by Gasteiger charge is 2.38. The predicted molar refractivity (Wildman–Crippen MR) is 125 cm³/mol. The minimum absolute atomic E-state index is 0.0704. The van der Waals surface area contributed by atoms with Crippen molar-refractivity contribution in [2.75, 3.05) is 0 Å². The quantitative estimate of drug-likeness (QED) is 0.330. The Labute approximate surface area is 211 Å². The SMILES string of the molecule is CCn1c(CO)nn(-c2cc(O[C@@H](C)C(F)(F)F)c3c(Oc4cc(Cl)ncc4Cl)nccc3c2)c1=O. The average Bonchev–Trinajstić information content (AvgIpc) is 3.16. The first kappa shape index (κ1) is 25.7. The molecule has 9 nitrogen and oxygen atoms in total. The number of hydrogen-bond acceptors (Lipinski definition) is 7. The number of aromatic nitrogens is 5. The van der Waals surface area contributed by atoms with Crippen molar-refractivity contribution in [3.8, 4) is 23.1 Å². The van der Waals surface area contributed by atoms with Crippen LogP contribution in [0.4, 0.5) is 13.2 Å². The molecule has 0 unspecified atom stereocenters. The molecular weight excluding hydrogens is 526 g/mol. The highest BCUT2D eigenvalue weighted by Crippen LogP contribution is 2.40. The maximum Gasteiger partial charge on any atom is 0.425 e. The molecule has 1 aromatic carbocycles. The second-order valence-electron chi connectivity index (χ2n) is 7.51. The number of ether oxygens (including phenoxy) is 2. The van der Waals surface area contributed by atoms with E-state index in [-0.39, 0.29) is 51.0 Å². The number of fused-ring (bicyclic) bond motifs is 1. The van der Waals surface area contributed by atoms with Crippen LogP contribution in [0.25, 0.3) is 16.5 Å². The van der Waals surface area contributed by atoms with Crippen molar-refractivity contribution in [2.45, 2.75) is 39.3 Å². The number of alkyl halides is 3. The van der Waals surface area contributed by atoms with Gasteiger partial charge in [0.15, 0.2) is 17.7 Å². The van der Waals surface area contributed by atoms with Crippen LogP contribution in [0, 0.1) is 0 Å². The summed E-state index contributed by atoms with van der Waals surface area (Å²) in [5, 5.41) is 14.3. The van der Waals surface area contributed by atoms with Gasteiger partial charge in [0, 0.05) is 24.9 Å². The van der Waals surface area contributed by atoms with Crippen molar-refractivity contribution in [1.82, 2.24) is 24.3 Å². The van der Waals surface area contributed by atoms with Gasteiger partial charge in [0.25, 0.3) is 0 Å². The zero-order chi connectivity index (χ0) is 26.2. The number of pyridine rings is 2. The maximum atomic E-state index is 13.4. The third-order valence-electron chi connectivity index (χ3n) is 5.18. The van der Waals surface area contributed by atoms with Crippen molar-refractivity contribution in [3.05, 3.63) is 63.1 Å². The van der Waals surface area contributed by atoms with Crippen LogP contribution in [0.1, 0.15) is 19.7 Å². The summed E-state index contributed by atoms with van der Waals surface area (Å²) in [5.74, 6) is -0.219. The fourth-order valence-corrected chi connectivity index (χ4v) is 3.69. The normalized spacial score (nSPS) is 12.7. The first-order chi connectivity index (χ1) is 17.0. The molecule has 190 valence electrons. The molecule has 0 aliphatic rings. The lowest BCUT2D eigenvalue weighted by Crippen LogP contribution is -2.31. The van der Waals surface area contributed by atoms with Gasteiger partial charge in [-0.1, -0.05) is 23.2 Å². The Morgan fingerprint density at radius 1 is 1.17 bits per heavy atom. The van der Waals surface area contributed by atoms with E-state index in [1.165, 1.54) is 41.2 Å². The largest absolute Gasteiger partial charge is 0.480 e. The molecule has 36 heavy (non-hydrogen) atoms. The molecule has 3 aromatic heterocycles. The van der Waals surface area contributed by atoms with Crippen LogP contribution in [0.15, 0.2) is 41.5 Å². The molecule has 0 saturated heterocycles. The molecule has 0 spiro atoms. The molecule has 0 aliphatic carbocycles. The molecule has 0 radical (unpaired) electrons. The number of rotatable bonds is 7. The van der Waals surface area contributed by atoms with Crippen LogP contribution in [0.5, 0.6) is 17.4 Å². The van der Waals surface area contributed by atoms with Crippen molar-refractivity contribution >= 4 is 34.0 Å². The Morgan fingerprint density at radius 3 is 2.56 bits per heavy atom. The Hall–Kier alpha value is -3.35. The number of benzene rings is 1. The molecule has 4 rings (SSSR count). The summed E-state index contributed by atoms with van der Waals surface area (Å²) in [7, 11) is 0. The van der Waals surface area contributed by atoms with Gasteiger partial charge in [0.05, 0.1) is 17.3 Å². The van der Waals surface area contributed by atoms with E-state index >= 15 is 0 Å². The van der Waals surface area contributed by atoms with Gasteiger partial charge in [-0.2, -0.15) is 17.9 Å². The van der Waals surface area contributed by atoms with Crippen LogP contribution in [0.3, 0.4) is 0 Å². The molecular formula is C22H18Cl2F3N5O4. The van der Waals surface area contributed by atoms with Gasteiger partial charge in [0.1, 0.15) is 22.5 Å². The van der Waals surface area contributed by atoms with Gasteiger partial charge in [-0.15, -0.1) is 5.10 Å². The van der Waals surface area contributed by atoms with Crippen LogP contribution in [-0.4, -0.2) is 41.7 Å². The van der Waals surface area contributed by atoms with E-state index in [0.29, 0.717) is 5.39 Å². The van der Waals surface area contributed by atoms with E-state index in [2.05, 4.69) is 15.1 Å². The van der Waals surface area contributed by atoms with E-state index in [4.69, 9.17) is 32.7 Å². The lowest BCUT2D eigenvalue weighted by atomic mass is 10.1. The molecule has 0 bridgehead atoms. The first-order valence-corrected chi connectivity index (χ1v) is 11.2. The third kappa shape index (κ3) is 4.97. The summed E-state index contributed by atoms with van der Waals surface area (Å²) < 4.78 is 53.5. The van der Waals surface area contributed by atoms with Gasteiger partial charge in [-0.05, 0) is 31.4 Å². The van der Waals surface area contributed by atoms with Crippen molar-refractivity contribution in [3.63, 3.8) is 0 Å². The second kappa shape index (κ2) is 9.96. The molecule has 1 N–H and O–H groups in total. The monoisotopic (exact) mass is 543 g/mol. The van der Waals surface area contributed by atoms with E-state index in [9.17, 15) is 23.1 Å². The molecule has 0 aliphatic heterocycles. The van der Waals surface area contributed by atoms with Crippen molar-refractivity contribution < 1.29 is 27.8 Å². The van der Waals surface area contributed by atoms with Crippen LogP contribution in [-0.2, 0) is 13.2 Å². The van der Waals surface area contributed by atoms with Gasteiger partial charge < -0.3 is 14.6 Å². The Bertz CT molecular complexity index is 1490. The Kier molecular flexibility index (Phi) is 7.12. The summed E-state index contributed by atoms with van der Waals surface area (Å²) in [6.45, 7) is 2.26. The first-order valence-electron chi connectivity index (χ1n) is 10.5. The lowest BCUT2D eigenvalue weighted by molar-refractivity contribution is -0.189. The maximum absolute atomic E-state index is 13.4. The highest BCUT2D eigenvalue weighted by atomic mass is 35.5. The number of aliphatic hydroxyl groups excluding tert-OH is 1. The summed E-state index contributed by atoms with van der Waals surface area (Å²) >= 11 is 12.0. The van der Waals surface area contributed by atoms with Crippen molar-refractivity contribution in [2.24, 2.45) is 0 Å². The molecule has 0 amide bonds. The molecule has 0 saturated carbocycles. The zero-order valence-corrected chi connectivity index (χ0v) is 20.3. The number of hydrogen-bond donors (Lipinski definition) is 1. The minimum atomic E-state index is -4.68. The fraction of sp³-hybridized carbons (Fsp3) is 0.273. The number of nitrogens with zero attached hydrogens (tertiary/aromatic N) is 5. The topological polar surface area (TPSA) is 104 Å². The number of aliphatic hydroxyl groups is 1. The van der Waals surface area contributed by atoms with Crippen LogP contribution < -0.4 is 15.2 Å². The van der Waals surface area contributed by atoms with Crippen molar-refractivity contribution in [1.29, 1.82) is 0 Å². The Morgan fingerprint density at radius 2 is 1.92 bits per heavy atom. The van der Waals surface area contributed by atoms with Gasteiger partial charge in [0.2, 0.25) is 5.88 Å². The summed E-state index contributed by atoms with van der Waals surface area (Å²) in [4.78, 5) is 20.8. The fourth-order valence-electron chi connectivity index (χ4n) is 3.40. The van der Waals surface area contributed by atoms with Gasteiger partial charge in [-0.3, -0.25) is 4.57 Å². The molecule has 0 fully saturated rings. The predicted octanol–water partition coefficient (Wildman–Crippen LogP) is 4.92. The minimum Gasteiger partial charge on any atom is -0.480 e. The number of halogens is 5. The van der Waals surface area contributed by atoms with Crippen LogP contribution in [0.2, 0.25) is 10.2 Å². The molecule has 4 aromatic rings. The second-order valence-corrected chi connectivity index (χ2v) is 8.31. The van der Waals surface area contributed by atoms with Crippen LogP contribution >= 0.6 is 23.2 Å². The molecule has 3 heterocycles. The summed E-state index contributed by atoms with van der Waals surface area (Å²) in [6.07, 6.45) is -4.28. The standard InChI is InChI=1S/C22H18Cl2F3N5O4/c1-3-31-18(10-33)30-32(21(31)34)13-6-12-4-5-28-20(36-15-8-17(24)29-9-14(15)23)19(12)16(7-13)35-11(2)22(25,26)27/h4-9,11,33H,3,10H2,1-2H3/t11-/m0/s1.